The summed E-state index contributed by atoms with van der Waals surface area (Å²) in [6.07, 6.45) is 0.0571. The largest absolute Gasteiger partial charge is 0.469 e. The molecule has 0 atom stereocenters. The number of rotatable bonds is 2. The van der Waals surface area contributed by atoms with Gasteiger partial charge in [0.25, 0.3) is 0 Å². The molecule has 0 spiro atoms. The predicted octanol–water partition coefficient (Wildman–Crippen LogP) is 2.70. The fourth-order valence-corrected chi connectivity index (χ4v) is 1.93. The highest BCUT2D eigenvalue weighted by Gasteiger charge is 2.11. The number of fused-ring (bicyclic) bond motifs is 2. The Hall–Kier alpha value is -2.36. The minimum Gasteiger partial charge on any atom is -0.469 e. The molecule has 0 fully saturated rings. The summed E-state index contributed by atoms with van der Waals surface area (Å²) < 4.78 is 10.1. The van der Waals surface area contributed by atoms with Gasteiger partial charge in [0.2, 0.25) is 5.89 Å². The second-order valence-electron chi connectivity index (χ2n) is 4.03. The molecule has 0 unspecified atom stereocenters. The van der Waals surface area contributed by atoms with E-state index in [1.807, 2.05) is 36.4 Å². The van der Waals surface area contributed by atoms with Gasteiger partial charge in [0, 0.05) is 0 Å². The van der Waals surface area contributed by atoms with Crippen LogP contribution in [-0.4, -0.2) is 18.1 Å². The molecule has 1 aromatic heterocycles. The third-order valence-electron chi connectivity index (χ3n) is 2.82. The highest BCUT2D eigenvalue weighted by Crippen LogP contribution is 2.23. The van der Waals surface area contributed by atoms with Crippen molar-refractivity contribution in [1.82, 2.24) is 4.98 Å². The van der Waals surface area contributed by atoms with Gasteiger partial charge in [0.1, 0.15) is 11.9 Å². The van der Waals surface area contributed by atoms with Crippen molar-refractivity contribution in [3.8, 4) is 0 Å². The summed E-state index contributed by atoms with van der Waals surface area (Å²) in [6, 6.07) is 11.9. The smallest absolute Gasteiger partial charge is 0.314 e. The zero-order valence-corrected chi connectivity index (χ0v) is 9.84. The van der Waals surface area contributed by atoms with E-state index in [2.05, 4.69) is 9.72 Å². The Morgan fingerprint density at radius 2 is 2.00 bits per heavy atom. The number of esters is 1. The van der Waals surface area contributed by atoms with Gasteiger partial charge < -0.3 is 9.15 Å². The van der Waals surface area contributed by atoms with E-state index >= 15 is 0 Å². The lowest BCUT2D eigenvalue weighted by Crippen LogP contribution is -2.04. The summed E-state index contributed by atoms with van der Waals surface area (Å²) in [7, 11) is 1.35. The van der Waals surface area contributed by atoms with E-state index in [0.717, 1.165) is 16.3 Å². The molecular weight excluding hydrogens is 230 g/mol. The number of nitrogens with zero attached hydrogens (tertiary/aromatic N) is 1. The van der Waals surface area contributed by atoms with E-state index in [1.54, 1.807) is 0 Å². The van der Waals surface area contributed by atoms with Gasteiger partial charge in [0.05, 0.1) is 7.11 Å². The average molecular weight is 241 g/mol. The first-order chi connectivity index (χ1) is 8.76. The Morgan fingerprint density at radius 1 is 1.28 bits per heavy atom. The summed E-state index contributed by atoms with van der Waals surface area (Å²) in [5, 5.41) is 2.19. The second kappa shape index (κ2) is 4.14. The lowest BCUT2D eigenvalue weighted by molar-refractivity contribution is -0.140. The van der Waals surface area contributed by atoms with Crippen molar-refractivity contribution >= 4 is 27.8 Å². The van der Waals surface area contributed by atoms with Crippen molar-refractivity contribution in [3.63, 3.8) is 0 Å². The molecule has 18 heavy (non-hydrogen) atoms. The number of methoxy groups -OCH3 is 1. The van der Waals surface area contributed by atoms with Crippen LogP contribution < -0.4 is 0 Å². The quantitative estimate of drug-likeness (QED) is 0.647. The van der Waals surface area contributed by atoms with E-state index in [0.29, 0.717) is 11.5 Å². The van der Waals surface area contributed by atoms with Crippen molar-refractivity contribution in [2.75, 3.05) is 7.11 Å². The van der Waals surface area contributed by atoms with Gasteiger partial charge in [0.15, 0.2) is 5.58 Å². The van der Waals surface area contributed by atoms with Gasteiger partial charge in [-0.05, 0) is 22.9 Å². The summed E-state index contributed by atoms with van der Waals surface area (Å²) in [6.45, 7) is 0. The third kappa shape index (κ3) is 1.82. The highest BCUT2D eigenvalue weighted by atomic mass is 16.5. The van der Waals surface area contributed by atoms with Gasteiger partial charge in [-0.2, -0.15) is 0 Å². The zero-order valence-electron chi connectivity index (χ0n) is 9.84. The Morgan fingerprint density at radius 3 is 2.72 bits per heavy atom. The van der Waals surface area contributed by atoms with E-state index < -0.39 is 0 Å². The molecule has 4 heteroatoms. The lowest BCUT2D eigenvalue weighted by Gasteiger charge is -1.94. The minimum absolute atomic E-state index is 0.0571. The van der Waals surface area contributed by atoms with E-state index in [9.17, 15) is 4.79 Å². The standard InChI is InChI=1S/C14H11NO3/c1-17-14(16)8-13-15-11-6-9-4-2-3-5-10(9)7-12(11)18-13/h2-7H,8H2,1H3. The van der Waals surface area contributed by atoms with Crippen LogP contribution in [0.1, 0.15) is 5.89 Å². The van der Waals surface area contributed by atoms with Crippen LogP contribution in [0.4, 0.5) is 0 Å². The SMILES string of the molecule is COC(=O)Cc1nc2cc3ccccc3cc2o1. The molecule has 0 saturated carbocycles. The van der Waals surface area contributed by atoms with Gasteiger partial charge in [-0.25, -0.2) is 4.98 Å². The number of oxazole rings is 1. The molecule has 3 aromatic rings. The molecule has 3 rings (SSSR count). The topological polar surface area (TPSA) is 52.3 Å². The summed E-state index contributed by atoms with van der Waals surface area (Å²) >= 11 is 0. The molecule has 0 bridgehead atoms. The van der Waals surface area contributed by atoms with Crippen molar-refractivity contribution in [3.05, 3.63) is 42.3 Å². The predicted molar refractivity (Wildman–Crippen MR) is 67.2 cm³/mol. The first-order valence-corrected chi connectivity index (χ1v) is 5.61. The van der Waals surface area contributed by atoms with E-state index in [4.69, 9.17) is 4.42 Å². The minimum atomic E-state index is -0.355. The lowest BCUT2D eigenvalue weighted by atomic mass is 10.1. The van der Waals surface area contributed by atoms with Crippen molar-refractivity contribution < 1.29 is 13.9 Å². The van der Waals surface area contributed by atoms with Gasteiger partial charge in [-0.3, -0.25) is 4.79 Å². The Kier molecular flexibility index (Phi) is 2.48. The first-order valence-electron chi connectivity index (χ1n) is 5.61. The molecule has 0 aliphatic heterocycles. The van der Waals surface area contributed by atoms with E-state index in [1.165, 1.54) is 7.11 Å². The highest BCUT2D eigenvalue weighted by molar-refractivity contribution is 5.94. The van der Waals surface area contributed by atoms with Crippen LogP contribution in [0.3, 0.4) is 0 Å². The van der Waals surface area contributed by atoms with Crippen LogP contribution in [-0.2, 0) is 16.0 Å². The maximum Gasteiger partial charge on any atom is 0.314 e. The molecular formula is C14H11NO3. The number of hydrogen-bond acceptors (Lipinski definition) is 4. The van der Waals surface area contributed by atoms with E-state index in [-0.39, 0.29) is 12.4 Å². The fourth-order valence-electron chi connectivity index (χ4n) is 1.93. The first kappa shape index (κ1) is 10.8. The summed E-state index contributed by atoms with van der Waals surface area (Å²) in [5.41, 5.74) is 1.44. The van der Waals surface area contributed by atoms with Crippen LogP contribution in [0, 0.1) is 0 Å². The normalized spacial score (nSPS) is 10.9. The van der Waals surface area contributed by atoms with Crippen LogP contribution >= 0.6 is 0 Å². The monoisotopic (exact) mass is 241 g/mol. The summed E-state index contributed by atoms with van der Waals surface area (Å²) in [4.78, 5) is 15.5. The maximum absolute atomic E-state index is 11.2. The number of carbonyl (C=O) groups is 1. The zero-order chi connectivity index (χ0) is 12.5. The van der Waals surface area contributed by atoms with Gasteiger partial charge in [-0.15, -0.1) is 0 Å². The number of carbonyl (C=O) groups excluding carboxylic acids is 1. The van der Waals surface area contributed by atoms with Gasteiger partial charge in [-0.1, -0.05) is 24.3 Å². The Labute approximate surface area is 103 Å². The Balaban J connectivity index is 2.11. The molecule has 0 aliphatic carbocycles. The number of hydrogen-bond donors (Lipinski definition) is 0. The molecule has 90 valence electrons. The van der Waals surface area contributed by atoms with Crippen molar-refractivity contribution in [2.24, 2.45) is 0 Å². The number of ether oxygens (including phenoxy) is 1. The molecule has 0 radical (unpaired) electrons. The van der Waals surface area contributed by atoms with Crippen LogP contribution in [0.2, 0.25) is 0 Å². The van der Waals surface area contributed by atoms with Gasteiger partial charge >= 0.3 is 5.97 Å². The van der Waals surface area contributed by atoms with Crippen molar-refractivity contribution in [1.29, 1.82) is 0 Å². The van der Waals surface area contributed by atoms with Crippen molar-refractivity contribution in [2.45, 2.75) is 6.42 Å². The number of benzene rings is 2. The second-order valence-corrected chi connectivity index (χ2v) is 4.03. The Bertz CT molecular complexity index is 678. The molecule has 0 N–H and O–H groups in total. The van der Waals surface area contributed by atoms with Crippen LogP contribution in [0.15, 0.2) is 40.8 Å². The molecule has 0 amide bonds. The van der Waals surface area contributed by atoms with Crippen LogP contribution in [0.25, 0.3) is 21.9 Å². The summed E-state index contributed by atoms with van der Waals surface area (Å²) in [5.74, 6) is 0.0262. The molecule has 0 aliphatic rings. The molecule has 2 aromatic carbocycles. The fraction of sp³-hybridized carbons (Fsp3) is 0.143. The van der Waals surface area contributed by atoms with Crippen LogP contribution in [0.5, 0.6) is 0 Å². The molecule has 0 saturated heterocycles. The number of aromatic nitrogens is 1. The molecule has 1 heterocycles. The maximum atomic E-state index is 11.2. The average Bonchev–Trinajstić information content (AvgIpc) is 2.76. The molecule has 4 nitrogen and oxygen atoms in total. The third-order valence-corrected chi connectivity index (χ3v) is 2.82.